The molecular formula is C24H23Cl2N3O2S. The minimum atomic E-state index is -0.557. The van der Waals surface area contributed by atoms with Gasteiger partial charge in [-0.3, -0.25) is 19.8 Å². The Kier molecular flexibility index (Phi) is 5.82. The van der Waals surface area contributed by atoms with E-state index in [4.69, 9.17) is 35.4 Å². The minimum absolute atomic E-state index is 0.00209. The molecule has 4 rings (SSSR count). The average molecular weight is 488 g/mol. The lowest BCUT2D eigenvalue weighted by molar-refractivity contribution is -0.122. The van der Waals surface area contributed by atoms with Crippen molar-refractivity contribution in [2.45, 2.75) is 38.6 Å². The summed E-state index contributed by atoms with van der Waals surface area (Å²) < 4.78 is 0. The molecule has 166 valence electrons. The molecule has 1 saturated heterocycles. The number of amides is 2. The fourth-order valence-electron chi connectivity index (χ4n) is 4.38. The molecule has 1 N–H and O–H groups in total. The van der Waals surface area contributed by atoms with Gasteiger partial charge in [0.15, 0.2) is 5.11 Å². The lowest BCUT2D eigenvalue weighted by atomic mass is 9.80. The van der Waals surface area contributed by atoms with Gasteiger partial charge in [0.2, 0.25) is 0 Å². The topological polar surface area (TPSA) is 52.7 Å². The Labute approximate surface area is 203 Å². The molecule has 32 heavy (non-hydrogen) atoms. The first-order chi connectivity index (χ1) is 15.0. The Morgan fingerprint density at radius 3 is 2.59 bits per heavy atom. The van der Waals surface area contributed by atoms with E-state index in [1.807, 2.05) is 12.1 Å². The van der Waals surface area contributed by atoms with Crippen molar-refractivity contribution in [2.75, 3.05) is 16.8 Å². The molecule has 0 aliphatic carbocycles. The average Bonchev–Trinajstić information content (AvgIpc) is 2.69. The number of fused-ring (bicyclic) bond motifs is 1. The zero-order chi connectivity index (χ0) is 23.4. The van der Waals surface area contributed by atoms with Crippen molar-refractivity contribution in [3.05, 3.63) is 63.1 Å². The summed E-state index contributed by atoms with van der Waals surface area (Å²) in [6, 6.07) is 10.6. The van der Waals surface area contributed by atoms with Gasteiger partial charge in [0.1, 0.15) is 5.57 Å². The number of nitrogens with one attached hydrogen (secondary N) is 1. The molecule has 0 radical (unpaired) electrons. The Bertz CT molecular complexity index is 1190. The van der Waals surface area contributed by atoms with Gasteiger partial charge in [0, 0.05) is 28.3 Å². The van der Waals surface area contributed by atoms with Crippen LogP contribution in [-0.4, -0.2) is 29.5 Å². The Morgan fingerprint density at radius 1 is 1.19 bits per heavy atom. The summed E-state index contributed by atoms with van der Waals surface area (Å²) in [4.78, 5) is 29.4. The zero-order valence-corrected chi connectivity index (χ0v) is 20.5. The first kappa shape index (κ1) is 22.8. The third kappa shape index (κ3) is 3.91. The minimum Gasteiger partial charge on any atom is -0.369 e. The van der Waals surface area contributed by atoms with Gasteiger partial charge in [-0.25, -0.2) is 0 Å². The second-order valence-corrected chi connectivity index (χ2v) is 10.1. The summed E-state index contributed by atoms with van der Waals surface area (Å²) in [5.74, 6) is -0.781. The first-order valence-corrected chi connectivity index (χ1v) is 11.4. The van der Waals surface area contributed by atoms with Crippen molar-refractivity contribution in [2.24, 2.45) is 0 Å². The molecule has 0 bridgehead atoms. The number of carbonyl (C=O) groups excluding carboxylic acids is 2. The van der Waals surface area contributed by atoms with Crippen LogP contribution in [0.15, 0.2) is 42.0 Å². The number of halogens is 2. The predicted octanol–water partition coefficient (Wildman–Crippen LogP) is 5.55. The molecule has 2 heterocycles. The molecule has 0 saturated carbocycles. The highest BCUT2D eigenvalue weighted by Gasteiger charge is 2.36. The highest BCUT2D eigenvalue weighted by atomic mass is 35.5. The van der Waals surface area contributed by atoms with Crippen LogP contribution in [0.4, 0.5) is 11.4 Å². The van der Waals surface area contributed by atoms with Gasteiger partial charge in [0.05, 0.1) is 5.69 Å². The van der Waals surface area contributed by atoms with Gasteiger partial charge < -0.3 is 4.90 Å². The van der Waals surface area contributed by atoms with Crippen LogP contribution in [0, 0.1) is 0 Å². The first-order valence-electron chi connectivity index (χ1n) is 10.2. The SMILES string of the molecule is C[C@H]1CC(C)(C)N(C)c2cc(Cl)c(/C=C3\C(=O)NC(=S)N(c4cccc(Cl)c4)C3=O)cc21. The monoisotopic (exact) mass is 487 g/mol. The van der Waals surface area contributed by atoms with Crippen molar-refractivity contribution < 1.29 is 9.59 Å². The van der Waals surface area contributed by atoms with Crippen molar-refractivity contribution in [3.8, 4) is 0 Å². The standard InChI is InChI=1S/C24H23Cl2N3O2S/c1-13-12-24(2,3)28(4)20-11-19(26)14(8-17(13)20)9-18-21(30)27-23(32)29(22(18)31)16-7-5-6-15(25)10-16/h5-11,13H,12H2,1-4H3,(H,27,30,32)/b18-9+/t13-/m0/s1. The molecule has 2 aromatic rings. The molecule has 1 atom stereocenters. The summed E-state index contributed by atoms with van der Waals surface area (Å²) in [7, 11) is 2.06. The number of nitrogens with zero attached hydrogens (tertiary/aromatic N) is 2. The van der Waals surface area contributed by atoms with E-state index in [9.17, 15) is 9.59 Å². The van der Waals surface area contributed by atoms with E-state index in [2.05, 4.69) is 38.0 Å². The van der Waals surface area contributed by atoms with Crippen molar-refractivity contribution in [1.82, 2.24) is 5.32 Å². The second kappa shape index (κ2) is 8.18. The zero-order valence-electron chi connectivity index (χ0n) is 18.2. The van der Waals surface area contributed by atoms with E-state index in [0.29, 0.717) is 27.2 Å². The molecule has 0 aromatic heterocycles. The second-order valence-electron chi connectivity index (χ2n) is 8.85. The quantitative estimate of drug-likeness (QED) is 0.342. The van der Waals surface area contributed by atoms with Crippen LogP contribution >= 0.6 is 35.4 Å². The van der Waals surface area contributed by atoms with E-state index < -0.39 is 11.8 Å². The van der Waals surface area contributed by atoms with E-state index in [1.165, 1.54) is 11.0 Å². The molecule has 5 nitrogen and oxygen atoms in total. The molecule has 2 aliphatic heterocycles. The fraction of sp³-hybridized carbons (Fsp3) is 0.292. The number of hydrogen-bond acceptors (Lipinski definition) is 4. The highest BCUT2D eigenvalue weighted by molar-refractivity contribution is 7.80. The summed E-state index contributed by atoms with van der Waals surface area (Å²) >= 11 is 17.9. The van der Waals surface area contributed by atoms with Gasteiger partial charge in [-0.15, -0.1) is 0 Å². The fourth-order valence-corrected chi connectivity index (χ4v) is 5.06. The Hall–Kier alpha value is -2.41. The number of thiocarbonyl (C=S) groups is 1. The molecule has 0 spiro atoms. The van der Waals surface area contributed by atoms with Crippen LogP contribution in [0.25, 0.3) is 6.08 Å². The molecule has 2 amide bonds. The lowest BCUT2D eigenvalue weighted by Gasteiger charge is -2.45. The van der Waals surface area contributed by atoms with Crippen LogP contribution in [0.3, 0.4) is 0 Å². The molecule has 2 aromatic carbocycles. The summed E-state index contributed by atoms with van der Waals surface area (Å²) in [6.07, 6.45) is 2.51. The van der Waals surface area contributed by atoms with Crippen LogP contribution in [0.1, 0.15) is 44.2 Å². The number of benzene rings is 2. The maximum Gasteiger partial charge on any atom is 0.270 e. The van der Waals surface area contributed by atoms with E-state index >= 15 is 0 Å². The van der Waals surface area contributed by atoms with Gasteiger partial charge in [0.25, 0.3) is 11.8 Å². The number of anilines is 2. The van der Waals surface area contributed by atoms with E-state index in [-0.39, 0.29) is 16.2 Å². The molecule has 0 unspecified atom stereocenters. The van der Waals surface area contributed by atoms with Gasteiger partial charge in [-0.2, -0.15) is 0 Å². The molecule has 1 fully saturated rings. The van der Waals surface area contributed by atoms with Crippen molar-refractivity contribution in [1.29, 1.82) is 0 Å². The van der Waals surface area contributed by atoms with Gasteiger partial charge in [-0.1, -0.05) is 36.2 Å². The Balaban J connectivity index is 1.78. The smallest absolute Gasteiger partial charge is 0.270 e. The van der Waals surface area contributed by atoms with E-state index in [0.717, 1.165) is 17.7 Å². The van der Waals surface area contributed by atoms with Gasteiger partial charge in [-0.05, 0) is 85.9 Å². The van der Waals surface area contributed by atoms with Crippen molar-refractivity contribution in [3.63, 3.8) is 0 Å². The molecular weight excluding hydrogens is 465 g/mol. The maximum absolute atomic E-state index is 13.3. The van der Waals surface area contributed by atoms with Crippen LogP contribution in [-0.2, 0) is 9.59 Å². The number of carbonyl (C=O) groups is 2. The van der Waals surface area contributed by atoms with Crippen LogP contribution < -0.4 is 15.1 Å². The predicted molar refractivity (Wildman–Crippen MR) is 135 cm³/mol. The third-order valence-corrected chi connectivity index (χ3v) is 7.07. The normalized spacial score (nSPS) is 21.6. The Morgan fingerprint density at radius 2 is 1.91 bits per heavy atom. The summed E-state index contributed by atoms with van der Waals surface area (Å²) in [6.45, 7) is 6.58. The highest BCUT2D eigenvalue weighted by Crippen LogP contribution is 2.44. The third-order valence-electron chi connectivity index (χ3n) is 6.22. The molecule has 8 heteroatoms. The number of rotatable bonds is 2. The van der Waals surface area contributed by atoms with Gasteiger partial charge >= 0.3 is 0 Å². The largest absolute Gasteiger partial charge is 0.369 e. The molecule has 2 aliphatic rings. The van der Waals surface area contributed by atoms with Crippen molar-refractivity contribution >= 4 is 69.8 Å². The summed E-state index contributed by atoms with van der Waals surface area (Å²) in [5.41, 5.74) is 3.24. The van der Waals surface area contributed by atoms with Crippen LogP contribution in [0.5, 0.6) is 0 Å². The van der Waals surface area contributed by atoms with Crippen LogP contribution in [0.2, 0.25) is 10.0 Å². The van der Waals surface area contributed by atoms with E-state index in [1.54, 1.807) is 24.3 Å². The number of hydrogen-bond donors (Lipinski definition) is 1. The summed E-state index contributed by atoms with van der Waals surface area (Å²) in [5, 5.41) is 3.53. The maximum atomic E-state index is 13.3. The lowest BCUT2D eigenvalue weighted by Crippen LogP contribution is -2.54.